The van der Waals surface area contributed by atoms with Gasteiger partial charge in [0.2, 0.25) is 0 Å². The molecule has 8 aromatic carbocycles. The van der Waals surface area contributed by atoms with Crippen LogP contribution in [-0.2, 0) is 5.41 Å². The van der Waals surface area contributed by atoms with Gasteiger partial charge < -0.3 is 4.90 Å². The van der Waals surface area contributed by atoms with E-state index >= 15 is 0 Å². The van der Waals surface area contributed by atoms with Crippen LogP contribution in [0.4, 0.5) is 17.1 Å². The molecule has 4 saturated carbocycles. The summed E-state index contributed by atoms with van der Waals surface area (Å²) >= 11 is 0. The number of anilines is 3. The highest BCUT2D eigenvalue weighted by Gasteiger charge is 2.51. The molecule has 4 fully saturated rings. The summed E-state index contributed by atoms with van der Waals surface area (Å²) in [7, 11) is 0. The predicted molar refractivity (Wildman–Crippen MR) is 232 cm³/mol. The van der Waals surface area contributed by atoms with Gasteiger partial charge in [0.1, 0.15) is 0 Å². The number of fused-ring (bicyclic) bond motifs is 3. The van der Waals surface area contributed by atoms with Crippen molar-refractivity contribution in [1.82, 2.24) is 0 Å². The Kier molecular flexibility index (Phi) is 7.76. The second-order valence-corrected chi connectivity index (χ2v) is 16.8. The summed E-state index contributed by atoms with van der Waals surface area (Å²) in [5.74, 6) is 2.77. The minimum atomic E-state index is 0.359. The average molecular weight is 708 g/mol. The van der Waals surface area contributed by atoms with Gasteiger partial charge in [0.25, 0.3) is 0 Å². The van der Waals surface area contributed by atoms with Crippen LogP contribution in [0.5, 0.6) is 0 Å². The molecule has 1 nitrogen and oxygen atoms in total. The minimum Gasteiger partial charge on any atom is -0.310 e. The number of hydrogen-bond acceptors (Lipinski definition) is 1. The third-order valence-electron chi connectivity index (χ3n) is 13.4. The molecule has 0 aliphatic heterocycles. The monoisotopic (exact) mass is 707 g/mol. The van der Waals surface area contributed by atoms with Crippen molar-refractivity contribution in [3.63, 3.8) is 0 Å². The predicted octanol–water partition coefficient (Wildman–Crippen LogP) is 14.9. The molecular formula is C54H45N. The van der Waals surface area contributed by atoms with Crippen molar-refractivity contribution in [1.29, 1.82) is 0 Å². The van der Waals surface area contributed by atoms with Gasteiger partial charge in [-0.15, -0.1) is 0 Å². The largest absolute Gasteiger partial charge is 0.310 e. The lowest BCUT2D eigenvalue weighted by atomic mass is 9.48. The molecule has 0 atom stereocenters. The van der Waals surface area contributed by atoms with E-state index in [-0.39, 0.29) is 0 Å². The molecule has 266 valence electrons. The van der Waals surface area contributed by atoms with Crippen LogP contribution in [0.2, 0.25) is 0 Å². The Morgan fingerprint density at radius 3 is 1.69 bits per heavy atom. The summed E-state index contributed by atoms with van der Waals surface area (Å²) in [6.45, 7) is 0. The van der Waals surface area contributed by atoms with Crippen molar-refractivity contribution in [2.24, 2.45) is 17.8 Å². The highest BCUT2D eigenvalue weighted by atomic mass is 15.1. The van der Waals surface area contributed by atoms with E-state index in [9.17, 15) is 0 Å². The second kappa shape index (κ2) is 13.1. The first-order valence-corrected chi connectivity index (χ1v) is 20.3. The van der Waals surface area contributed by atoms with Crippen LogP contribution in [0.3, 0.4) is 0 Å². The maximum Gasteiger partial charge on any atom is 0.0546 e. The zero-order valence-corrected chi connectivity index (χ0v) is 31.2. The van der Waals surface area contributed by atoms with Crippen molar-refractivity contribution in [3.8, 4) is 33.4 Å². The molecule has 4 bridgehead atoms. The summed E-state index contributed by atoms with van der Waals surface area (Å²) < 4.78 is 0. The van der Waals surface area contributed by atoms with Crippen LogP contribution in [0.1, 0.15) is 44.1 Å². The maximum absolute atomic E-state index is 2.52. The molecule has 12 rings (SSSR count). The Labute approximate surface area is 324 Å². The van der Waals surface area contributed by atoms with E-state index < -0.39 is 0 Å². The number of nitrogens with zero attached hydrogens (tertiary/aromatic N) is 1. The highest BCUT2D eigenvalue weighted by molar-refractivity contribution is 6.14. The van der Waals surface area contributed by atoms with Gasteiger partial charge in [-0.25, -0.2) is 0 Å². The van der Waals surface area contributed by atoms with E-state index in [4.69, 9.17) is 0 Å². The maximum atomic E-state index is 2.52. The quantitative estimate of drug-likeness (QED) is 0.149. The van der Waals surface area contributed by atoms with E-state index in [0.717, 1.165) is 23.4 Å². The van der Waals surface area contributed by atoms with E-state index in [0.29, 0.717) is 5.41 Å². The lowest BCUT2D eigenvalue weighted by Gasteiger charge is -2.57. The number of rotatable bonds is 7. The molecular weight excluding hydrogens is 663 g/mol. The van der Waals surface area contributed by atoms with Gasteiger partial charge in [0, 0.05) is 16.9 Å². The van der Waals surface area contributed by atoms with Crippen molar-refractivity contribution in [2.45, 2.75) is 43.9 Å². The first-order valence-electron chi connectivity index (χ1n) is 20.3. The third kappa shape index (κ3) is 5.68. The summed E-state index contributed by atoms with van der Waals surface area (Å²) in [5.41, 5.74) is 12.8. The molecule has 0 aromatic heterocycles. The lowest BCUT2D eigenvalue weighted by molar-refractivity contribution is -0.00518. The molecule has 4 aliphatic carbocycles. The van der Waals surface area contributed by atoms with E-state index in [1.54, 1.807) is 5.56 Å². The molecule has 0 saturated heterocycles. The van der Waals surface area contributed by atoms with Gasteiger partial charge in [0.15, 0.2) is 0 Å². The van der Waals surface area contributed by atoms with Gasteiger partial charge in [-0.2, -0.15) is 0 Å². The smallest absolute Gasteiger partial charge is 0.0546 e. The zero-order chi connectivity index (χ0) is 36.3. The fraction of sp³-hybridized carbons (Fsp3) is 0.185. The molecule has 0 amide bonds. The van der Waals surface area contributed by atoms with Gasteiger partial charge in [-0.3, -0.25) is 0 Å². The van der Waals surface area contributed by atoms with Gasteiger partial charge >= 0.3 is 0 Å². The minimum absolute atomic E-state index is 0.359. The summed E-state index contributed by atoms with van der Waals surface area (Å²) in [4.78, 5) is 2.52. The Bertz CT molecular complexity index is 2640. The Hall–Kier alpha value is -5.92. The molecule has 0 spiro atoms. The summed E-state index contributed by atoms with van der Waals surface area (Å²) in [6, 6.07) is 67.9. The van der Waals surface area contributed by atoms with Gasteiger partial charge in [-0.1, -0.05) is 146 Å². The third-order valence-corrected chi connectivity index (χ3v) is 13.4. The number of hydrogen-bond donors (Lipinski definition) is 0. The molecule has 55 heavy (non-hydrogen) atoms. The van der Waals surface area contributed by atoms with E-state index in [1.165, 1.54) is 105 Å². The summed E-state index contributed by atoms with van der Waals surface area (Å²) in [5, 5.41) is 5.13. The van der Waals surface area contributed by atoms with Gasteiger partial charge in [-0.05, 0) is 153 Å². The van der Waals surface area contributed by atoms with Crippen LogP contribution < -0.4 is 4.90 Å². The molecule has 0 unspecified atom stereocenters. The van der Waals surface area contributed by atoms with Crippen LogP contribution in [-0.4, -0.2) is 0 Å². The SMILES string of the molecule is c1ccc(-c2ccc(-c3ccccc3)c(N(c3ccc(C45CC6CC(CC(C6)C4)C5)cc3)c3cccc(-c4cc5ccccc5c5ccccc45)c3)c2)cc1. The Morgan fingerprint density at radius 2 is 0.982 bits per heavy atom. The topological polar surface area (TPSA) is 3.24 Å². The lowest BCUT2D eigenvalue weighted by Crippen LogP contribution is -2.48. The first kappa shape index (κ1) is 32.5. The van der Waals surface area contributed by atoms with Crippen molar-refractivity contribution in [2.75, 3.05) is 4.90 Å². The Balaban J connectivity index is 1.11. The van der Waals surface area contributed by atoms with Crippen LogP contribution in [0, 0.1) is 17.8 Å². The fourth-order valence-electron chi connectivity index (χ4n) is 11.3. The average Bonchev–Trinajstić information content (AvgIpc) is 3.24. The normalized spacial score (nSPS) is 21.3. The van der Waals surface area contributed by atoms with Gasteiger partial charge in [0.05, 0.1) is 5.69 Å². The second-order valence-electron chi connectivity index (χ2n) is 16.8. The summed E-state index contributed by atoms with van der Waals surface area (Å²) in [6.07, 6.45) is 8.53. The van der Waals surface area contributed by atoms with Crippen LogP contribution in [0.15, 0.2) is 182 Å². The standard InChI is InChI=1S/C54H45N/c1-3-12-40(13-4-1)42-22-27-49(41-14-5-2-6-15-41)53(33-42)55(46-25-23-45(24-26-46)54-34-37-28-38(35-54)30-39(29-37)36-54)47-18-11-17-43(31-47)52-32-44-16-7-8-19-48(44)50-20-9-10-21-51(50)52/h1-27,31-33,37-39H,28-30,34-36H2. The fourth-order valence-corrected chi connectivity index (χ4v) is 11.3. The van der Waals surface area contributed by atoms with Crippen molar-refractivity contribution < 1.29 is 0 Å². The zero-order valence-electron chi connectivity index (χ0n) is 31.2. The van der Waals surface area contributed by atoms with Crippen LogP contribution in [0.25, 0.3) is 54.9 Å². The van der Waals surface area contributed by atoms with Crippen molar-refractivity contribution in [3.05, 3.63) is 188 Å². The Morgan fingerprint density at radius 1 is 0.382 bits per heavy atom. The van der Waals surface area contributed by atoms with E-state index in [2.05, 4.69) is 187 Å². The van der Waals surface area contributed by atoms with Crippen molar-refractivity contribution >= 4 is 38.6 Å². The van der Waals surface area contributed by atoms with E-state index in [1.807, 2.05) is 0 Å². The molecule has 1 heteroatoms. The number of benzene rings is 8. The van der Waals surface area contributed by atoms with Crippen LogP contribution >= 0.6 is 0 Å². The molecule has 0 radical (unpaired) electrons. The molecule has 8 aromatic rings. The first-order chi connectivity index (χ1) is 27.2. The molecule has 0 N–H and O–H groups in total. The highest BCUT2D eigenvalue weighted by Crippen LogP contribution is 2.61. The molecule has 0 heterocycles. The molecule has 4 aliphatic rings.